The summed E-state index contributed by atoms with van der Waals surface area (Å²) >= 11 is 9.46. The van der Waals surface area contributed by atoms with Gasteiger partial charge in [-0.1, -0.05) is 0 Å². The van der Waals surface area contributed by atoms with Gasteiger partial charge in [-0.25, -0.2) is 4.98 Å². The van der Waals surface area contributed by atoms with E-state index in [4.69, 9.17) is 26.5 Å². The third kappa shape index (κ3) is 3.49. The highest BCUT2D eigenvalue weighted by Crippen LogP contribution is 2.43. The molecule has 1 saturated heterocycles. The lowest BCUT2D eigenvalue weighted by atomic mass is 10.0. The molecule has 0 amide bonds. The van der Waals surface area contributed by atoms with Crippen molar-refractivity contribution in [3.63, 3.8) is 0 Å². The Morgan fingerprint density at radius 3 is 2.93 bits per heavy atom. The van der Waals surface area contributed by atoms with E-state index >= 15 is 0 Å². The minimum absolute atomic E-state index is 0.0676. The van der Waals surface area contributed by atoms with Gasteiger partial charge in [0.1, 0.15) is 22.9 Å². The Kier molecular flexibility index (Phi) is 5.55. The molecule has 0 saturated carbocycles. The number of nitrogens with one attached hydrogen (secondary N) is 1. The molecule has 11 heteroatoms. The Morgan fingerprint density at radius 2 is 2.25 bits per heavy atom. The van der Waals surface area contributed by atoms with E-state index in [9.17, 15) is 8.78 Å². The molecular weight excluding hydrogens is 460 g/mol. The molecule has 0 bridgehead atoms. The van der Waals surface area contributed by atoms with Gasteiger partial charge in [-0.2, -0.15) is 13.8 Å². The van der Waals surface area contributed by atoms with E-state index in [0.29, 0.717) is 23.3 Å². The monoisotopic (exact) mass is 475 g/mol. The lowest BCUT2D eigenvalue weighted by Crippen LogP contribution is -2.36. The van der Waals surface area contributed by atoms with Crippen LogP contribution in [0.15, 0.2) is 27.3 Å². The van der Waals surface area contributed by atoms with Gasteiger partial charge >= 0.3 is 6.55 Å². The first-order chi connectivity index (χ1) is 13.5. The van der Waals surface area contributed by atoms with Crippen molar-refractivity contribution in [3.8, 4) is 0 Å². The van der Waals surface area contributed by atoms with Crippen LogP contribution in [0.2, 0.25) is 5.28 Å². The maximum atomic E-state index is 14.2. The van der Waals surface area contributed by atoms with Gasteiger partial charge in [0.05, 0.1) is 23.0 Å². The number of anilines is 1. The summed E-state index contributed by atoms with van der Waals surface area (Å²) in [6.07, 6.45) is 2.30. The standard InChI is InChI=1S/C17H17BrClF2N5O2/c18-10-11-13(15(25-16(19)24-11)23-7-8-3-1-5-27-8)26(17(20)21)12(10)14-9(22)4-2-6-28-14/h1,3,5,9,14,17H,2,4,6-7,22H2,(H,23,24,25)/t9-,14-/m0/s1. The molecule has 1 fully saturated rings. The van der Waals surface area contributed by atoms with Crippen LogP contribution in [0.1, 0.15) is 36.9 Å². The SMILES string of the molecule is N[C@H]1CCCO[C@@H]1c1c(Br)c2nc(Cl)nc(NCc3ccco3)c2n1C(F)F. The van der Waals surface area contributed by atoms with Gasteiger partial charge in [0.15, 0.2) is 5.82 Å². The predicted molar refractivity (Wildman–Crippen MR) is 103 cm³/mol. The van der Waals surface area contributed by atoms with Gasteiger partial charge in [0.2, 0.25) is 5.28 Å². The zero-order valence-electron chi connectivity index (χ0n) is 14.5. The maximum Gasteiger partial charge on any atom is 0.319 e. The van der Waals surface area contributed by atoms with Crippen molar-refractivity contribution in [2.24, 2.45) is 5.73 Å². The van der Waals surface area contributed by atoms with E-state index in [1.807, 2.05) is 0 Å². The summed E-state index contributed by atoms with van der Waals surface area (Å²) in [5.74, 6) is 0.790. The number of halogens is 4. The molecule has 0 radical (unpaired) electrons. The summed E-state index contributed by atoms with van der Waals surface area (Å²) < 4.78 is 40.6. The van der Waals surface area contributed by atoms with E-state index < -0.39 is 18.7 Å². The van der Waals surface area contributed by atoms with Crippen LogP contribution >= 0.6 is 27.5 Å². The molecule has 0 aromatic carbocycles. The van der Waals surface area contributed by atoms with Crippen molar-refractivity contribution in [1.82, 2.24) is 14.5 Å². The van der Waals surface area contributed by atoms with E-state index in [1.165, 1.54) is 6.26 Å². The van der Waals surface area contributed by atoms with Crippen molar-refractivity contribution in [2.45, 2.75) is 38.1 Å². The van der Waals surface area contributed by atoms with E-state index in [1.54, 1.807) is 12.1 Å². The molecular formula is C17H17BrClF2N5O2. The zero-order valence-corrected chi connectivity index (χ0v) is 16.9. The fourth-order valence-electron chi connectivity index (χ4n) is 3.41. The van der Waals surface area contributed by atoms with Gasteiger partial charge in [-0.15, -0.1) is 0 Å². The van der Waals surface area contributed by atoms with E-state index in [-0.39, 0.29) is 34.4 Å². The highest BCUT2D eigenvalue weighted by atomic mass is 79.9. The fourth-order valence-corrected chi connectivity index (χ4v) is 4.28. The van der Waals surface area contributed by atoms with Gasteiger partial charge in [-0.3, -0.25) is 4.57 Å². The molecule has 0 unspecified atom stereocenters. The molecule has 150 valence electrons. The average Bonchev–Trinajstić information content (AvgIpc) is 3.27. The summed E-state index contributed by atoms with van der Waals surface area (Å²) in [7, 11) is 0. The number of aromatic nitrogens is 3. The molecule has 7 nitrogen and oxygen atoms in total. The molecule has 1 aliphatic rings. The average molecular weight is 477 g/mol. The number of hydrogen-bond acceptors (Lipinski definition) is 6. The maximum absolute atomic E-state index is 14.2. The van der Waals surface area contributed by atoms with Crippen LogP contribution in [0.5, 0.6) is 0 Å². The number of nitrogens with zero attached hydrogens (tertiary/aromatic N) is 3. The lowest BCUT2D eigenvalue weighted by molar-refractivity contribution is -0.0147. The van der Waals surface area contributed by atoms with Crippen molar-refractivity contribution >= 4 is 44.4 Å². The fraction of sp³-hybridized carbons (Fsp3) is 0.412. The van der Waals surface area contributed by atoms with Crippen LogP contribution in [0.4, 0.5) is 14.6 Å². The summed E-state index contributed by atoms with van der Waals surface area (Å²) in [6.45, 7) is -2.16. The molecule has 1 aliphatic heterocycles. The molecule has 0 spiro atoms. The molecule has 3 N–H and O–H groups in total. The number of rotatable bonds is 5. The number of ether oxygens (including phenoxy) is 1. The van der Waals surface area contributed by atoms with Gasteiger partial charge in [0, 0.05) is 12.6 Å². The molecule has 28 heavy (non-hydrogen) atoms. The lowest BCUT2D eigenvalue weighted by Gasteiger charge is -2.30. The quantitative estimate of drug-likeness (QED) is 0.522. The second kappa shape index (κ2) is 7.94. The Bertz CT molecular complexity index is 982. The predicted octanol–water partition coefficient (Wildman–Crippen LogP) is 4.63. The zero-order chi connectivity index (χ0) is 19.8. The van der Waals surface area contributed by atoms with Crippen LogP contribution in [-0.4, -0.2) is 27.2 Å². The first-order valence-electron chi connectivity index (χ1n) is 8.65. The third-order valence-electron chi connectivity index (χ3n) is 4.63. The normalized spacial score (nSPS) is 20.2. The van der Waals surface area contributed by atoms with Crippen molar-refractivity contribution in [2.75, 3.05) is 11.9 Å². The van der Waals surface area contributed by atoms with Gasteiger partial charge in [-0.05, 0) is 52.5 Å². The molecule has 0 aliphatic carbocycles. The Balaban J connectivity index is 1.87. The van der Waals surface area contributed by atoms with Crippen molar-refractivity contribution in [3.05, 3.63) is 39.6 Å². The van der Waals surface area contributed by atoms with Crippen LogP contribution < -0.4 is 11.1 Å². The topological polar surface area (TPSA) is 91.1 Å². The van der Waals surface area contributed by atoms with Crippen molar-refractivity contribution in [1.29, 1.82) is 0 Å². The first-order valence-corrected chi connectivity index (χ1v) is 9.83. The Labute approximate surface area is 172 Å². The summed E-state index contributed by atoms with van der Waals surface area (Å²) in [6, 6.07) is 3.09. The minimum atomic E-state index is -2.85. The summed E-state index contributed by atoms with van der Waals surface area (Å²) in [5, 5.41) is 2.94. The summed E-state index contributed by atoms with van der Waals surface area (Å²) in [4.78, 5) is 8.27. The number of nitrogens with two attached hydrogens (primary N) is 1. The molecule has 4 rings (SSSR count). The van der Waals surface area contributed by atoms with Crippen LogP contribution in [0, 0.1) is 0 Å². The van der Waals surface area contributed by atoms with E-state index in [2.05, 4.69) is 31.2 Å². The second-order valence-electron chi connectivity index (χ2n) is 6.42. The smallest absolute Gasteiger partial charge is 0.319 e. The minimum Gasteiger partial charge on any atom is -0.467 e. The number of furan rings is 1. The van der Waals surface area contributed by atoms with Crippen LogP contribution in [0.25, 0.3) is 11.0 Å². The van der Waals surface area contributed by atoms with Gasteiger partial charge < -0.3 is 20.2 Å². The molecule has 3 aromatic heterocycles. The third-order valence-corrected chi connectivity index (χ3v) is 5.58. The first kappa shape index (κ1) is 19.6. The largest absolute Gasteiger partial charge is 0.467 e. The number of alkyl halides is 2. The molecule has 4 heterocycles. The Morgan fingerprint density at radius 1 is 1.43 bits per heavy atom. The second-order valence-corrected chi connectivity index (χ2v) is 7.55. The Hall–Kier alpha value is -1.75. The number of fused-ring (bicyclic) bond motifs is 1. The summed E-state index contributed by atoms with van der Waals surface area (Å²) in [5.41, 5.74) is 6.78. The van der Waals surface area contributed by atoms with E-state index in [0.717, 1.165) is 11.0 Å². The molecule has 2 atom stereocenters. The van der Waals surface area contributed by atoms with Crippen LogP contribution in [-0.2, 0) is 11.3 Å². The van der Waals surface area contributed by atoms with Crippen molar-refractivity contribution < 1.29 is 17.9 Å². The number of hydrogen-bond donors (Lipinski definition) is 2. The molecule has 3 aromatic rings. The van der Waals surface area contributed by atoms with Crippen LogP contribution in [0.3, 0.4) is 0 Å². The van der Waals surface area contributed by atoms with Gasteiger partial charge in [0.25, 0.3) is 0 Å². The highest BCUT2D eigenvalue weighted by molar-refractivity contribution is 9.10. The highest BCUT2D eigenvalue weighted by Gasteiger charge is 2.35.